The summed E-state index contributed by atoms with van der Waals surface area (Å²) in [6, 6.07) is 0. The van der Waals surface area contributed by atoms with Crippen LogP contribution in [0.3, 0.4) is 0 Å². The Hall–Kier alpha value is -0.730. The predicted octanol–water partition coefficient (Wildman–Crippen LogP) is 3.37. The first-order chi connectivity index (χ1) is 13.9. The number of aliphatic hydroxyl groups excluding tert-OH is 3. The fourth-order valence-electron chi connectivity index (χ4n) is 3.76. The van der Waals surface area contributed by atoms with E-state index >= 15 is 0 Å². The van der Waals surface area contributed by atoms with Gasteiger partial charge in [0.2, 0.25) is 0 Å². The molecular formula is C22H42O7. The van der Waals surface area contributed by atoms with Crippen LogP contribution in [0.2, 0.25) is 0 Å². The van der Waals surface area contributed by atoms with Crippen molar-refractivity contribution < 1.29 is 34.7 Å². The molecule has 1 rings (SSSR count). The van der Waals surface area contributed by atoms with E-state index in [0.29, 0.717) is 6.42 Å². The number of aliphatic carboxylic acids is 1. The minimum Gasteiger partial charge on any atom is -0.481 e. The van der Waals surface area contributed by atoms with Gasteiger partial charge in [-0.15, -0.1) is 0 Å². The van der Waals surface area contributed by atoms with Crippen LogP contribution >= 0.6 is 0 Å². The van der Waals surface area contributed by atoms with Crippen molar-refractivity contribution in [2.45, 2.75) is 134 Å². The second-order valence-electron chi connectivity index (χ2n) is 8.36. The SMILES string of the molecule is CCCCCCCCCCCCCC(CC(=O)O)O[C@@H]1O[C@@H](C)[C@H](O)[C@@H](O)[C@H]1O. The Morgan fingerprint density at radius 1 is 0.862 bits per heavy atom. The Morgan fingerprint density at radius 2 is 1.38 bits per heavy atom. The molecule has 0 radical (unpaired) electrons. The molecule has 0 amide bonds. The maximum Gasteiger partial charge on any atom is 0.305 e. The summed E-state index contributed by atoms with van der Waals surface area (Å²) in [6.07, 6.45) is 7.28. The number of carbonyl (C=O) groups is 1. The molecule has 6 atom stereocenters. The standard InChI is InChI=1S/C22H42O7/c1-3-4-5-6-7-8-9-10-11-12-13-14-17(15-18(23)24)29-22-21(27)20(26)19(25)16(2)28-22/h16-17,19-22,25-27H,3-15H2,1-2H3,(H,23,24)/t16-,17?,19-,20+,21+,22-/m0/s1. The number of ether oxygens (including phenoxy) is 2. The summed E-state index contributed by atoms with van der Waals surface area (Å²) in [6.45, 7) is 3.80. The van der Waals surface area contributed by atoms with Crippen molar-refractivity contribution >= 4 is 5.97 Å². The van der Waals surface area contributed by atoms with E-state index in [-0.39, 0.29) is 6.42 Å². The van der Waals surface area contributed by atoms with Crippen LogP contribution in [-0.4, -0.2) is 63.2 Å². The fourth-order valence-corrected chi connectivity index (χ4v) is 3.76. The van der Waals surface area contributed by atoms with Crippen LogP contribution in [0.4, 0.5) is 0 Å². The first kappa shape index (κ1) is 26.3. The summed E-state index contributed by atoms with van der Waals surface area (Å²) in [4.78, 5) is 11.1. The Kier molecular flexibility index (Phi) is 13.7. The van der Waals surface area contributed by atoms with Gasteiger partial charge >= 0.3 is 5.97 Å². The Bertz CT molecular complexity index is 431. The zero-order chi connectivity index (χ0) is 21.6. The fraction of sp³-hybridized carbons (Fsp3) is 0.955. The molecule has 29 heavy (non-hydrogen) atoms. The van der Waals surface area contributed by atoms with Crippen LogP contribution < -0.4 is 0 Å². The average molecular weight is 419 g/mol. The Balaban J connectivity index is 2.24. The third-order valence-electron chi connectivity index (χ3n) is 5.67. The second kappa shape index (κ2) is 15.1. The van der Waals surface area contributed by atoms with Gasteiger partial charge in [0.1, 0.15) is 18.3 Å². The number of carboxylic acids is 1. The third-order valence-corrected chi connectivity index (χ3v) is 5.67. The lowest BCUT2D eigenvalue weighted by Gasteiger charge is -2.40. The summed E-state index contributed by atoms with van der Waals surface area (Å²) in [5.41, 5.74) is 0. The molecule has 172 valence electrons. The van der Waals surface area contributed by atoms with Gasteiger partial charge in [0.05, 0.1) is 18.6 Å². The molecule has 1 aliphatic rings. The predicted molar refractivity (Wildman–Crippen MR) is 111 cm³/mol. The van der Waals surface area contributed by atoms with Crippen molar-refractivity contribution in [3.8, 4) is 0 Å². The lowest BCUT2D eigenvalue weighted by atomic mass is 9.99. The summed E-state index contributed by atoms with van der Waals surface area (Å²) in [5.74, 6) is -0.975. The highest BCUT2D eigenvalue weighted by Gasteiger charge is 2.43. The molecule has 0 aromatic carbocycles. The molecule has 0 aromatic rings. The summed E-state index contributed by atoms with van der Waals surface area (Å²) in [7, 11) is 0. The highest BCUT2D eigenvalue weighted by molar-refractivity contribution is 5.67. The largest absolute Gasteiger partial charge is 0.481 e. The van der Waals surface area contributed by atoms with E-state index in [1.165, 1.54) is 51.4 Å². The molecule has 1 fully saturated rings. The molecule has 1 saturated heterocycles. The molecule has 0 bridgehead atoms. The monoisotopic (exact) mass is 418 g/mol. The summed E-state index contributed by atoms with van der Waals surface area (Å²) in [5, 5.41) is 38.8. The highest BCUT2D eigenvalue weighted by atomic mass is 16.7. The van der Waals surface area contributed by atoms with Crippen molar-refractivity contribution in [3.63, 3.8) is 0 Å². The maximum atomic E-state index is 11.1. The van der Waals surface area contributed by atoms with Crippen LogP contribution in [0, 0.1) is 0 Å². The van der Waals surface area contributed by atoms with E-state index in [4.69, 9.17) is 14.6 Å². The lowest BCUT2D eigenvalue weighted by Crippen LogP contribution is -2.58. The molecule has 1 aliphatic heterocycles. The van der Waals surface area contributed by atoms with Gasteiger partial charge in [0, 0.05) is 0 Å². The van der Waals surface area contributed by atoms with Gasteiger partial charge in [-0.25, -0.2) is 0 Å². The number of aliphatic hydroxyl groups is 3. The maximum absolute atomic E-state index is 11.1. The molecule has 0 spiro atoms. The molecule has 0 aromatic heterocycles. The van der Waals surface area contributed by atoms with Gasteiger partial charge in [-0.05, 0) is 13.3 Å². The van der Waals surface area contributed by atoms with E-state index in [9.17, 15) is 20.1 Å². The zero-order valence-corrected chi connectivity index (χ0v) is 18.2. The quantitative estimate of drug-likeness (QED) is 0.284. The van der Waals surface area contributed by atoms with Crippen molar-refractivity contribution in [1.29, 1.82) is 0 Å². The molecule has 7 nitrogen and oxygen atoms in total. The minimum absolute atomic E-state index is 0.183. The molecule has 1 heterocycles. The molecular weight excluding hydrogens is 376 g/mol. The molecule has 1 unspecified atom stereocenters. The van der Waals surface area contributed by atoms with Gasteiger partial charge in [0.25, 0.3) is 0 Å². The van der Waals surface area contributed by atoms with E-state index in [0.717, 1.165) is 19.3 Å². The van der Waals surface area contributed by atoms with E-state index in [1.54, 1.807) is 6.92 Å². The number of rotatable bonds is 16. The molecule has 0 aliphatic carbocycles. The minimum atomic E-state index is -1.41. The molecule has 0 saturated carbocycles. The van der Waals surface area contributed by atoms with Gasteiger partial charge in [-0.3, -0.25) is 4.79 Å². The van der Waals surface area contributed by atoms with Crippen molar-refractivity contribution in [2.24, 2.45) is 0 Å². The first-order valence-corrected chi connectivity index (χ1v) is 11.4. The number of carboxylic acid groups (broad SMARTS) is 1. The Labute approximate surface area is 175 Å². The average Bonchev–Trinajstić information content (AvgIpc) is 2.68. The summed E-state index contributed by atoms with van der Waals surface area (Å²) < 4.78 is 11.1. The molecule has 4 N–H and O–H groups in total. The topological polar surface area (TPSA) is 116 Å². The number of hydrogen-bond donors (Lipinski definition) is 4. The van der Waals surface area contributed by atoms with E-state index in [2.05, 4.69) is 6.92 Å². The van der Waals surface area contributed by atoms with Crippen molar-refractivity contribution in [2.75, 3.05) is 0 Å². The summed E-state index contributed by atoms with van der Waals surface area (Å²) >= 11 is 0. The van der Waals surface area contributed by atoms with Gasteiger partial charge in [-0.2, -0.15) is 0 Å². The Morgan fingerprint density at radius 3 is 1.90 bits per heavy atom. The third kappa shape index (κ3) is 10.7. The van der Waals surface area contributed by atoms with Crippen LogP contribution in [0.1, 0.15) is 97.3 Å². The van der Waals surface area contributed by atoms with Crippen molar-refractivity contribution in [3.05, 3.63) is 0 Å². The smallest absolute Gasteiger partial charge is 0.305 e. The van der Waals surface area contributed by atoms with Crippen LogP contribution in [-0.2, 0) is 14.3 Å². The normalized spacial score (nSPS) is 28.4. The number of hydrogen-bond acceptors (Lipinski definition) is 6. The highest BCUT2D eigenvalue weighted by Crippen LogP contribution is 2.25. The van der Waals surface area contributed by atoms with Crippen LogP contribution in [0.5, 0.6) is 0 Å². The van der Waals surface area contributed by atoms with Gasteiger partial charge in [-0.1, -0.05) is 77.6 Å². The molecule has 7 heteroatoms. The van der Waals surface area contributed by atoms with E-state index < -0.39 is 42.8 Å². The number of unbranched alkanes of at least 4 members (excludes halogenated alkanes) is 10. The van der Waals surface area contributed by atoms with Crippen LogP contribution in [0.15, 0.2) is 0 Å². The van der Waals surface area contributed by atoms with Gasteiger partial charge < -0.3 is 29.9 Å². The van der Waals surface area contributed by atoms with Crippen LogP contribution in [0.25, 0.3) is 0 Å². The van der Waals surface area contributed by atoms with Gasteiger partial charge in [0.15, 0.2) is 6.29 Å². The van der Waals surface area contributed by atoms with Crippen molar-refractivity contribution in [1.82, 2.24) is 0 Å². The lowest BCUT2D eigenvalue weighted by molar-refractivity contribution is -0.304. The van der Waals surface area contributed by atoms with E-state index in [1.807, 2.05) is 0 Å². The zero-order valence-electron chi connectivity index (χ0n) is 18.2. The second-order valence-corrected chi connectivity index (χ2v) is 8.36. The first-order valence-electron chi connectivity index (χ1n) is 11.4.